The Balaban J connectivity index is 3.21. The van der Waals surface area contributed by atoms with Crippen LogP contribution in [0.15, 0.2) is 12.7 Å². The average Bonchev–Trinajstić information content (AvgIpc) is 2.11. The van der Waals surface area contributed by atoms with Gasteiger partial charge in [-0.1, -0.05) is 13.5 Å². The lowest BCUT2D eigenvalue weighted by molar-refractivity contribution is -0.684. The molecule has 0 aromatic carbocycles. The van der Waals surface area contributed by atoms with Crippen LogP contribution in [0.4, 0.5) is 0 Å². The fourth-order valence-corrected chi connectivity index (χ4v) is 0.802. The van der Waals surface area contributed by atoms with Crippen LogP contribution in [-0.2, 0) is 4.79 Å². The van der Waals surface area contributed by atoms with Crippen molar-refractivity contribution < 1.29 is 10.1 Å². The first-order valence-electron chi connectivity index (χ1n) is 4.44. The predicted molar refractivity (Wildman–Crippen MR) is 49.8 cm³/mol. The Morgan fingerprint density at radius 1 is 1.75 bits per heavy atom. The molecule has 0 rings (SSSR count). The van der Waals surface area contributed by atoms with Gasteiger partial charge in [-0.2, -0.15) is 0 Å². The first-order valence-corrected chi connectivity index (χ1v) is 4.44. The van der Waals surface area contributed by atoms with Crippen molar-refractivity contribution in [2.45, 2.75) is 26.3 Å². The summed E-state index contributed by atoms with van der Waals surface area (Å²) in [7, 11) is 0. The summed E-state index contributed by atoms with van der Waals surface area (Å²) in [6.07, 6.45) is 2.46. The first kappa shape index (κ1) is 11.2. The second-order valence-electron chi connectivity index (χ2n) is 2.91. The molecule has 0 fully saturated rings. The Bertz CT molecular complexity index is 145. The number of nitrogens with two attached hydrogens (primary N) is 1. The summed E-state index contributed by atoms with van der Waals surface area (Å²) in [5.41, 5.74) is 0. The van der Waals surface area contributed by atoms with Gasteiger partial charge in [0, 0.05) is 0 Å². The van der Waals surface area contributed by atoms with Crippen LogP contribution in [0.2, 0.25) is 0 Å². The lowest BCUT2D eigenvalue weighted by Crippen LogP contribution is -2.90. The van der Waals surface area contributed by atoms with Gasteiger partial charge < -0.3 is 10.6 Å². The summed E-state index contributed by atoms with van der Waals surface area (Å²) in [4.78, 5) is 10.7. The van der Waals surface area contributed by atoms with Crippen LogP contribution in [0.1, 0.15) is 20.3 Å². The molecule has 1 amide bonds. The molecule has 0 aliphatic heterocycles. The van der Waals surface area contributed by atoms with Gasteiger partial charge in [0.15, 0.2) is 0 Å². The molecule has 0 bridgehead atoms. The van der Waals surface area contributed by atoms with Crippen molar-refractivity contribution in [3.05, 3.63) is 12.7 Å². The maximum absolute atomic E-state index is 10.7. The fraction of sp³-hybridized carbons (Fsp3) is 0.667. The molecule has 0 aliphatic carbocycles. The molecule has 0 aromatic heterocycles. The van der Waals surface area contributed by atoms with Gasteiger partial charge in [0.1, 0.15) is 0 Å². The second-order valence-corrected chi connectivity index (χ2v) is 2.91. The summed E-state index contributed by atoms with van der Waals surface area (Å²) in [5, 5.41) is 4.95. The minimum atomic E-state index is -0.0902. The zero-order valence-electron chi connectivity index (χ0n) is 7.97. The van der Waals surface area contributed by atoms with E-state index < -0.39 is 0 Å². The van der Waals surface area contributed by atoms with Gasteiger partial charge in [-0.05, 0) is 19.4 Å². The van der Waals surface area contributed by atoms with Gasteiger partial charge >= 0.3 is 0 Å². The van der Waals surface area contributed by atoms with Crippen molar-refractivity contribution in [3.63, 3.8) is 0 Å². The maximum Gasteiger partial charge on any atom is 0.243 e. The first-order chi connectivity index (χ1) is 5.70. The highest BCUT2D eigenvalue weighted by Crippen LogP contribution is 1.77. The largest absolute Gasteiger partial charge is 0.347 e. The summed E-state index contributed by atoms with van der Waals surface area (Å²) in [5.74, 6) is -0.0902. The molecule has 0 aliphatic rings. The molecular formula is C9H19N2O+. The Hall–Kier alpha value is -0.830. The van der Waals surface area contributed by atoms with E-state index in [2.05, 4.69) is 31.1 Å². The number of quaternary nitrogens is 1. The van der Waals surface area contributed by atoms with E-state index in [4.69, 9.17) is 0 Å². The molecule has 0 spiro atoms. The highest BCUT2D eigenvalue weighted by molar-refractivity contribution is 5.86. The smallest absolute Gasteiger partial charge is 0.243 e. The Morgan fingerprint density at radius 3 is 2.92 bits per heavy atom. The zero-order valence-corrected chi connectivity index (χ0v) is 7.97. The van der Waals surface area contributed by atoms with Crippen LogP contribution in [-0.4, -0.2) is 25.0 Å². The monoisotopic (exact) mass is 171 g/mol. The topological polar surface area (TPSA) is 45.7 Å². The second kappa shape index (κ2) is 6.85. The Morgan fingerprint density at radius 2 is 2.42 bits per heavy atom. The molecule has 0 saturated heterocycles. The van der Waals surface area contributed by atoms with E-state index in [-0.39, 0.29) is 5.91 Å². The van der Waals surface area contributed by atoms with Crippen molar-refractivity contribution in [2.75, 3.05) is 13.1 Å². The van der Waals surface area contributed by atoms with Crippen molar-refractivity contribution in [2.24, 2.45) is 0 Å². The lowest BCUT2D eigenvalue weighted by Gasteiger charge is -2.07. The molecular weight excluding hydrogens is 152 g/mol. The molecule has 1 atom stereocenters. The highest BCUT2D eigenvalue weighted by Gasteiger charge is 1.99. The molecule has 70 valence electrons. The molecule has 0 heterocycles. The standard InChI is InChI=1S/C9H18N2O/c1-4-8(3)10-6-7-11-9(12)5-2/h5,8,10H,2,4,6-7H2,1,3H3,(H,11,12)/p+1. The third-order valence-electron chi connectivity index (χ3n) is 1.84. The van der Waals surface area contributed by atoms with E-state index in [0.717, 1.165) is 19.5 Å². The molecule has 0 aromatic rings. The quantitative estimate of drug-likeness (QED) is 0.416. The third-order valence-corrected chi connectivity index (χ3v) is 1.84. The van der Waals surface area contributed by atoms with Crippen LogP contribution in [0.3, 0.4) is 0 Å². The average molecular weight is 171 g/mol. The molecule has 0 radical (unpaired) electrons. The number of rotatable bonds is 6. The molecule has 3 heteroatoms. The minimum Gasteiger partial charge on any atom is -0.347 e. The summed E-state index contributed by atoms with van der Waals surface area (Å²) in [6, 6.07) is 0.644. The molecule has 0 saturated carbocycles. The van der Waals surface area contributed by atoms with E-state index >= 15 is 0 Å². The van der Waals surface area contributed by atoms with E-state index in [1.807, 2.05) is 0 Å². The van der Waals surface area contributed by atoms with E-state index in [1.54, 1.807) is 0 Å². The fourth-order valence-electron chi connectivity index (χ4n) is 0.802. The van der Waals surface area contributed by atoms with Crippen molar-refractivity contribution in [3.8, 4) is 0 Å². The van der Waals surface area contributed by atoms with Crippen LogP contribution < -0.4 is 10.6 Å². The molecule has 1 unspecified atom stereocenters. The van der Waals surface area contributed by atoms with Crippen molar-refractivity contribution in [1.82, 2.24) is 5.32 Å². The van der Waals surface area contributed by atoms with Gasteiger partial charge in [-0.3, -0.25) is 4.79 Å². The lowest BCUT2D eigenvalue weighted by atomic mass is 10.3. The van der Waals surface area contributed by atoms with E-state index in [0.29, 0.717) is 6.04 Å². The van der Waals surface area contributed by atoms with Crippen molar-refractivity contribution >= 4 is 5.91 Å². The summed E-state index contributed by atoms with van der Waals surface area (Å²) in [6.45, 7) is 9.36. The molecule has 3 N–H and O–H groups in total. The number of hydrogen-bond acceptors (Lipinski definition) is 1. The number of carbonyl (C=O) groups is 1. The van der Waals surface area contributed by atoms with Gasteiger partial charge in [-0.25, -0.2) is 0 Å². The molecule has 12 heavy (non-hydrogen) atoms. The summed E-state index contributed by atoms with van der Waals surface area (Å²) < 4.78 is 0. The van der Waals surface area contributed by atoms with Gasteiger partial charge in [0.25, 0.3) is 0 Å². The van der Waals surface area contributed by atoms with E-state index in [9.17, 15) is 4.79 Å². The number of amides is 1. The number of hydrogen-bond donors (Lipinski definition) is 2. The summed E-state index contributed by atoms with van der Waals surface area (Å²) >= 11 is 0. The maximum atomic E-state index is 10.7. The number of carbonyl (C=O) groups excluding carboxylic acids is 1. The van der Waals surface area contributed by atoms with Crippen LogP contribution in [0, 0.1) is 0 Å². The van der Waals surface area contributed by atoms with Gasteiger partial charge in [-0.15, -0.1) is 0 Å². The third kappa shape index (κ3) is 5.92. The zero-order chi connectivity index (χ0) is 9.40. The van der Waals surface area contributed by atoms with E-state index in [1.165, 1.54) is 6.08 Å². The Labute approximate surface area is 74.2 Å². The van der Waals surface area contributed by atoms with Crippen LogP contribution in [0.5, 0.6) is 0 Å². The van der Waals surface area contributed by atoms with Gasteiger partial charge in [0.2, 0.25) is 5.91 Å². The number of nitrogens with one attached hydrogen (secondary N) is 1. The SMILES string of the molecule is C=CC(=O)NCC[NH2+]C(C)CC. The minimum absolute atomic E-state index is 0.0902. The van der Waals surface area contributed by atoms with Crippen LogP contribution in [0.25, 0.3) is 0 Å². The highest BCUT2D eigenvalue weighted by atomic mass is 16.1. The van der Waals surface area contributed by atoms with Crippen LogP contribution >= 0.6 is 0 Å². The molecule has 3 nitrogen and oxygen atoms in total. The van der Waals surface area contributed by atoms with Crippen molar-refractivity contribution in [1.29, 1.82) is 0 Å². The Kier molecular flexibility index (Phi) is 6.38. The predicted octanol–water partition coefficient (Wildman–Crippen LogP) is -0.349. The van der Waals surface area contributed by atoms with Gasteiger partial charge in [0.05, 0.1) is 19.1 Å². The normalized spacial score (nSPS) is 12.2.